The van der Waals surface area contributed by atoms with E-state index in [4.69, 9.17) is 0 Å². The molecule has 1 amide bonds. The zero-order chi connectivity index (χ0) is 16.1. The molecule has 0 atom stereocenters. The predicted molar refractivity (Wildman–Crippen MR) is 91.8 cm³/mol. The first-order chi connectivity index (χ1) is 11.2. The Morgan fingerprint density at radius 1 is 1.26 bits per heavy atom. The van der Waals surface area contributed by atoms with Crippen LogP contribution in [0.2, 0.25) is 0 Å². The number of rotatable bonds is 6. The van der Waals surface area contributed by atoms with Crippen molar-refractivity contribution in [3.8, 4) is 5.69 Å². The van der Waals surface area contributed by atoms with Gasteiger partial charge in [-0.1, -0.05) is 25.7 Å². The summed E-state index contributed by atoms with van der Waals surface area (Å²) in [5.41, 5.74) is 2.79. The van der Waals surface area contributed by atoms with E-state index in [1.165, 1.54) is 32.1 Å². The van der Waals surface area contributed by atoms with Crippen LogP contribution >= 0.6 is 0 Å². The highest BCUT2D eigenvalue weighted by atomic mass is 16.1. The van der Waals surface area contributed by atoms with Crippen molar-refractivity contribution in [2.75, 3.05) is 6.54 Å². The summed E-state index contributed by atoms with van der Waals surface area (Å²) in [5.74, 6) is 0.906. The van der Waals surface area contributed by atoms with E-state index in [9.17, 15) is 4.79 Å². The van der Waals surface area contributed by atoms with Gasteiger partial charge in [0.05, 0.1) is 11.9 Å². The maximum absolute atomic E-state index is 12.2. The molecule has 4 heteroatoms. The molecule has 1 aromatic heterocycles. The standard InChI is InChI=1S/C19H25N3O/c1-15-13-21-22(14-15)18-10-8-17(9-11-18)19(23)20-12-4-7-16-5-2-3-6-16/h8-11,13-14,16H,2-7,12H2,1H3,(H,20,23). The first kappa shape index (κ1) is 15.8. The summed E-state index contributed by atoms with van der Waals surface area (Å²) in [6.45, 7) is 2.78. The number of aryl methyl sites for hydroxylation is 1. The summed E-state index contributed by atoms with van der Waals surface area (Å²) in [7, 11) is 0. The lowest BCUT2D eigenvalue weighted by Crippen LogP contribution is -2.24. The summed E-state index contributed by atoms with van der Waals surface area (Å²) in [6, 6.07) is 7.58. The molecule has 1 heterocycles. The van der Waals surface area contributed by atoms with Crippen molar-refractivity contribution >= 4 is 5.91 Å². The third kappa shape index (κ3) is 4.21. The van der Waals surface area contributed by atoms with Crippen LogP contribution in [0.3, 0.4) is 0 Å². The van der Waals surface area contributed by atoms with Crippen LogP contribution in [0.5, 0.6) is 0 Å². The summed E-state index contributed by atoms with van der Waals surface area (Å²) in [5, 5.41) is 7.30. The molecule has 1 aromatic carbocycles. The molecule has 0 bridgehead atoms. The van der Waals surface area contributed by atoms with Crippen LogP contribution in [0.1, 0.15) is 54.4 Å². The van der Waals surface area contributed by atoms with Crippen LogP contribution in [0.4, 0.5) is 0 Å². The lowest BCUT2D eigenvalue weighted by Gasteiger charge is -2.09. The Bertz CT molecular complexity index is 639. The summed E-state index contributed by atoms with van der Waals surface area (Å²) in [4.78, 5) is 12.2. The molecule has 1 N–H and O–H groups in total. The highest BCUT2D eigenvalue weighted by Gasteiger charge is 2.14. The predicted octanol–water partition coefficient (Wildman–Crippen LogP) is 3.88. The van der Waals surface area contributed by atoms with E-state index in [1.54, 1.807) is 0 Å². The smallest absolute Gasteiger partial charge is 0.251 e. The molecule has 1 aliphatic carbocycles. The van der Waals surface area contributed by atoms with Crippen LogP contribution in [0.25, 0.3) is 5.69 Å². The van der Waals surface area contributed by atoms with Crippen LogP contribution < -0.4 is 5.32 Å². The molecule has 0 unspecified atom stereocenters. The monoisotopic (exact) mass is 311 g/mol. The Balaban J connectivity index is 1.47. The fourth-order valence-corrected chi connectivity index (χ4v) is 3.31. The Labute approximate surface area is 137 Å². The van der Waals surface area contributed by atoms with Gasteiger partial charge in [0.1, 0.15) is 0 Å². The topological polar surface area (TPSA) is 46.9 Å². The van der Waals surface area contributed by atoms with Crippen molar-refractivity contribution in [2.24, 2.45) is 5.92 Å². The van der Waals surface area contributed by atoms with Crippen LogP contribution in [0.15, 0.2) is 36.7 Å². The van der Waals surface area contributed by atoms with Gasteiger partial charge in [-0.25, -0.2) is 4.68 Å². The van der Waals surface area contributed by atoms with Gasteiger partial charge in [0.25, 0.3) is 5.91 Å². The Morgan fingerprint density at radius 2 is 2.00 bits per heavy atom. The molecule has 1 aliphatic rings. The average molecular weight is 311 g/mol. The molecule has 0 aliphatic heterocycles. The molecule has 0 spiro atoms. The van der Waals surface area contributed by atoms with E-state index in [0.29, 0.717) is 5.56 Å². The minimum atomic E-state index is 0.0135. The van der Waals surface area contributed by atoms with E-state index >= 15 is 0 Å². The van der Waals surface area contributed by atoms with Crippen LogP contribution in [-0.4, -0.2) is 22.2 Å². The van der Waals surface area contributed by atoms with Crippen molar-refractivity contribution in [2.45, 2.75) is 45.4 Å². The van der Waals surface area contributed by atoms with E-state index in [1.807, 2.05) is 48.3 Å². The van der Waals surface area contributed by atoms with E-state index < -0.39 is 0 Å². The number of hydrogen-bond acceptors (Lipinski definition) is 2. The molecule has 0 saturated heterocycles. The average Bonchev–Trinajstić information content (AvgIpc) is 3.23. The fourth-order valence-electron chi connectivity index (χ4n) is 3.31. The zero-order valence-electron chi connectivity index (χ0n) is 13.8. The minimum Gasteiger partial charge on any atom is -0.352 e. The lowest BCUT2D eigenvalue weighted by atomic mass is 10.0. The molecule has 2 aromatic rings. The van der Waals surface area contributed by atoms with Crippen molar-refractivity contribution in [1.29, 1.82) is 0 Å². The first-order valence-corrected chi connectivity index (χ1v) is 8.62. The van der Waals surface area contributed by atoms with Gasteiger partial charge in [0, 0.05) is 18.3 Å². The fraction of sp³-hybridized carbons (Fsp3) is 0.474. The Kier molecular flexibility index (Phi) is 5.11. The van der Waals surface area contributed by atoms with Gasteiger partial charge in [0.2, 0.25) is 0 Å². The number of nitrogens with zero attached hydrogens (tertiary/aromatic N) is 2. The number of hydrogen-bond donors (Lipinski definition) is 1. The molecule has 122 valence electrons. The lowest BCUT2D eigenvalue weighted by molar-refractivity contribution is 0.0952. The molecule has 3 rings (SSSR count). The zero-order valence-corrected chi connectivity index (χ0v) is 13.8. The second kappa shape index (κ2) is 7.44. The van der Waals surface area contributed by atoms with Crippen molar-refractivity contribution < 1.29 is 4.79 Å². The summed E-state index contributed by atoms with van der Waals surface area (Å²) in [6.07, 6.45) is 11.7. The second-order valence-corrected chi connectivity index (χ2v) is 6.56. The van der Waals surface area contributed by atoms with Gasteiger partial charge in [-0.3, -0.25) is 4.79 Å². The van der Waals surface area contributed by atoms with Crippen molar-refractivity contribution in [3.05, 3.63) is 47.8 Å². The van der Waals surface area contributed by atoms with Gasteiger partial charge in [-0.05, 0) is 55.5 Å². The largest absolute Gasteiger partial charge is 0.352 e. The van der Waals surface area contributed by atoms with Gasteiger partial charge in [0.15, 0.2) is 0 Å². The number of nitrogens with one attached hydrogen (secondary N) is 1. The number of carbonyl (C=O) groups is 1. The van der Waals surface area contributed by atoms with E-state index in [0.717, 1.165) is 30.1 Å². The van der Waals surface area contributed by atoms with E-state index in [-0.39, 0.29) is 5.91 Å². The number of carbonyl (C=O) groups excluding carboxylic acids is 1. The summed E-state index contributed by atoms with van der Waals surface area (Å²) < 4.78 is 1.82. The maximum atomic E-state index is 12.2. The first-order valence-electron chi connectivity index (χ1n) is 8.62. The summed E-state index contributed by atoms with van der Waals surface area (Å²) >= 11 is 0. The van der Waals surface area contributed by atoms with Gasteiger partial charge in [-0.2, -0.15) is 5.10 Å². The minimum absolute atomic E-state index is 0.0135. The third-order valence-corrected chi connectivity index (χ3v) is 4.66. The van der Waals surface area contributed by atoms with Crippen LogP contribution in [-0.2, 0) is 0 Å². The van der Waals surface area contributed by atoms with Crippen molar-refractivity contribution in [1.82, 2.24) is 15.1 Å². The second-order valence-electron chi connectivity index (χ2n) is 6.56. The molecule has 0 radical (unpaired) electrons. The SMILES string of the molecule is Cc1cnn(-c2ccc(C(=O)NCCCC3CCCC3)cc2)c1. The van der Waals surface area contributed by atoms with E-state index in [2.05, 4.69) is 10.4 Å². The molecular formula is C19H25N3O. The van der Waals surface area contributed by atoms with Gasteiger partial charge < -0.3 is 5.32 Å². The van der Waals surface area contributed by atoms with Gasteiger partial charge in [-0.15, -0.1) is 0 Å². The highest BCUT2D eigenvalue weighted by molar-refractivity contribution is 5.94. The molecule has 1 saturated carbocycles. The van der Waals surface area contributed by atoms with Crippen LogP contribution in [0, 0.1) is 12.8 Å². The number of amides is 1. The maximum Gasteiger partial charge on any atom is 0.251 e. The third-order valence-electron chi connectivity index (χ3n) is 4.66. The highest BCUT2D eigenvalue weighted by Crippen LogP contribution is 2.28. The van der Waals surface area contributed by atoms with Crippen molar-refractivity contribution in [3.63, 3.8) is 0 Å². The van der Waals surface area contributed by atoms with Gasteiger partial charge >= 0.3 is 0 Å². The Morgan fingerprint density at radius 3 is 2.65 bits per heavy atom. The number of aromatic nitrogens is 2. The Hall–Kier alpha value is -2.10. The molecule has 4 nitrogen and oxygen atoms in total. The quantitative estimate of drug-likeness (QED) is 0.823. The molecule has 23 heavy (non-hydrogen) atoms. The number of benzene rings is 1. The normalized spacial score (nSPS) is 15.0. The molecule has 1 fully saturated rings. The molecular weight excluding hydrogens is 286 g/mol.